The maximum absolute atomic E-state index is 14.3. The van der Waals surface area contributed by atoms with Crippen LogP contribution in [0, 0.1) is 12.7 Å². The van der Waals surface area contributed by atoms with E-state index < -0.39 is 23.5 Å². The Morgan fingerprint density at radius 2 is 1.83 bits per heavy atom. The number of rotatable bonds is 8. The van der Waals surface area contributed by atoms with Gasteiger partial charge in [-0.15, -0.1) is 0 Å². The molecule has 42 heavy (non-hydrogen) atoms. The van der Waals surface area contributed by atoms with Crippen molar-refractivity contribution >= 4 is 34.1 Å². The smallest absolute Gasteiger partial charge is 0.416 e. The summed E-state index contributed by atoms with van der Waals surface area (Å²) < 4.78 is 54.8. The predicted molar refractivity (Wildman–Crippen MR) is 155 cm³/mol. The second-order valence-corrected chi connectivity index (χ2v) is 11.5. The molecule has 4 heterocycles. The van der Waals surface area contributed by atoms with E-state index in [1.807, 2.05) is 4.90 Å². The summed E-state index contributed by atoms with van der Waals surface area (Å²) in [5, 5.41) is 12.7. The number of nitrogens with one attached hydrogen (secondary N) is 1. The van der Waals surface area contributed by atoms with Crippen molar-refractivity contribution in [3.63, 3.8) is 0 Å². The van der Waals surface area contributed by atoms with Crippen molar-refractivity contribution in [1.82, 2.24) is 24.8 Å². The topological polar surface area (TPSA) is 97.7 Å². The van der Waals surface area contributed by atoms with Crippen LogP contribution in [0.15, 0.2) is 24.3 Å². The first-order valence-electron chi connectivity index (χ1n) is 13.4. The highest BCUT2D eigenvalue weighted by Gasteiger charge is 2.32. The van der Waals surface area contributed by atoms with E-state index >= 15 is 0 Å². The van der Waals surface area contributed by atoms with Crippen LogP contribution in [0.3, 0.4) is 0 Å². The number of benzene rings is 1. The van der Waals surface area contributed by atoms with Crippen molar-refractivity contribution < 1.29 is 27.5 Å². The molecule has 1 atom stereocenters. The first-order chi connectivity index (χ1) is 19.4. The highest BCUT2D eigenvalue weighted by molar-refractivity contribution is 7.16. The number of aromatic nitrogens is 3. The molecule has 9 nitrogen and oxygen atoms in total. The van der Waals surface area contributed by atoms with Gasteiger partial charge in [0.25, 0.3) is 0 Å². The van der Waals surface area contributed by atoms with Gasteiger partial charge in [0.05, 0.1) is 17.8 Å². The van der Waals surface area contributed by atoms with E-state index in [2.05, 4.69) is 37.0 Å². The molecule has 2 aliphatic heterocycles. The molecular formula is C28H35F4N7O2S. The summed E-state index contributed by atoms with van der Waals surface area (Å²) in [6.45, 7) is 7.59. The van der Waals surface area contributed by atoms with Crippen LogP contribution in [0.2, 0.25) is 0 Å². The number of hydrogen-bond acceptors (Lipinski definition) is 9. The van der Waals surface area contributed by atoms with Gasteiger partial charge in [0.2, 0.25) is 0 Å². The fraction of sp³-hybridized carbons (Fsp3) is 0.500. The lowest BCUT2D eigenvalue weighted by atomic mass is 10.1. The Balaban J connectivity index is 0.00000405. The first kappa shape index (κ1) is 31.6. The summed E-state index contributed by atoms with van der Waals surface area (Å²) in [7, 11) is 0. The van der Waals surface area contributed by atoms with E-state index in [0.717, 1.165) is 36.4 Å². The van der Waals surface area contributed by atoms with Gasteiger partial charge in [0, 0.05) is 55.3 Å². The van der Waals surface area contributed by atoms with Crippen LogP contribution >= 0.6 is 11.3 Å². The summed E-state index contributed by atoms with van der Waals surface area (Å²) in [5.74, 6) is -0.176. The maximum Gasteiger partial charge on any atom is 0.416 e. The number of carbonyl (C=O) groups is 1. The first-order valence-corrected chi connectivity index (χ1v) is 14.2. The third-order valence-electron chi connectivity index (χ3n) is 7.35. The van der Waals surface area contributed by atoms with Gasteiger partial charge in [-0.3, -0.25) is 14.6 Å². The Hall–Kier alpha value is -3.36. The Bertz CT molecular complexity index is 1410. The summed E-state index contributed by atoms with van der Waals surface area (Å²) in [5.41, 5.74) is -0.681. The van der Waals surface area contributed by atoms with Gasteiger partial charge in [0.1, 0.15) is 23.3 Å². The van der Waals surface area contributed by atoms with E-state index in [9.17, 15) is 22.4 Å². The van der Waals surface area contributed by atoms with E-state index in [0.29, 0.717) is 73.1 Å². The van der Waals surface area contributed by atoms with Gasteiger partial charge in [0.15, 0.2) is 5.13 Å². The predicted octanol–water partition coefficient (Wildman–Crippen LogP) is 5.64. The van der Waals surface area contributed by atoms with Gasteiger partial charge >= 0.3 is 12.1 Å². The van der Waals surface area contributed by atoms with Crippen molar-refractivity contribution in [2.75, 3.05) is 49.5 Å². The van der Waals surface area contributed by atoms with Crippen LogP contribution in [0.4, 0.5) is 34.3 Å². The fourth-order valence-electron chi connectivity index (χ4n) is 5.25. The third-order valence-corrected chi connectivity index (χ3v) is 8.30. The Morgan fingerprint density at radius 3 is 2.48 bits per heavy atom. The second kappa shape index (κ2) is 12.9. The molecule has 228 valence electrons. The zero-order chi connectivity index (χ0) is 29.3. The quantitative estimate of drug-likeness (QED) is 0.315. The minimum Gasteiger partial charge on any atom is -0.480 e. The van der Waals surface area contributed by atoms with Crippen LogP contribution in [0.5, 0.6) is 0 Å². The van der Waals surface area contributed by atoms with Gasteiger partial charge in [-0.1, -0.05) is 18.8 Å². The van der Waals surface area contributed by atoms with Crippen LogP contribution < -0.4 is 10.2 Å². The second-order valence-electron chi connectivity index (χ2n) is 10.4. The molecule has 2 aliphatic rings. The highest BCUT2D eigenvalue weighted by Crippen LogP contribution is 2.38. The number of alkyl halides is 3. The molecule has 0 saturated carbocycles. The fourth-order valence-corrected chi connectivity index (χ4v) is 6.27. The van der Waals surface area contributed by atoms with Gasteiger partial charge < -0.3 is 15.3 Å². The number of carboxylic acid groups (broad SMARTS) is 1. The molecule has 0 amide bonds. The van der Waals surface area contributed by atoms with Crippen LogP contribution in [-0.4, -0.2) is 81.1 Å². The summed E-state index contributed by atoms with van der Waals surface area (Å²) in [6.07, 6.45) is -2.62. The van der Waals surface area contributed by atoms with Gasteiger partial charge in [-0.2, -0.15) is 13.2 Å². The number of aryl methyl sites for hydroxylation is 1. The number of piperazine rings is 1. The molecule has 2 aromatic heterocycles. The Kier molecular flexibility index (Phi) is 9.68. The molecule has 0 radical (unpaired) electrons. The number of likely N-dealkylation sites (tertiary alicyclic amines) is 1. The number of thiazole rings is 1. The number of carboxylic acids is 1. The molecule has 2 saturated heterocycles. The SMILES string of the molecule is C.Cc1nc(Nc2nc(-c3cc(F)cc(C(F)(F)F)c3)c(CN3CCC[C@H]3C)s2)cc(N2CCN(CC(=O)O)CC2)n1. The van der Waals surface area contributed by atoms with Gasteiger partial charge in [-0.05, 0) is 51.4 Å². The lowest BCUT2D eigenvalue weighted by molar-refractivity contribution is -0.139. The third kappa shape index (κ3) is 7.53. The standard InChI is InChI=1S/C27H31F4N7O2S.CH4/c1-16-4-3-5-38(16)14-21-25(18-10-19(27(29,30)31)12-20(28)11-18)35-26(41-21)34-22-13-23(33-17(2)32-22)37-8-6-36(7-9-37)15-24(39)40;/h10-13,16H,3-9,14-15H2,1-2H3,(H,39,40)(H,32,33,34,35);1H4/t16-;/m1./s1. The number of anilines is 3. The molecule has 3 aromatic rings. The van der Waals surface area contributed by atoms with Gasteiger partial charge in [-0.25, -0.2) is 19.3 Å². The summed E-state index contributed by atoms with van der Waals surface area (Å²) in [4.78, 5) is 31.6. The molecular weight excluding hydrogens is 574 g/mol. The highest BCUT2D eigenvalue weighted by atomic mass is 32.1. The normalized spacial score (nSPS) is 18.2. The van der Waals surface area contributed by atoms with E-state index in [1.54, 1.807) is 13.0 Å². The average molecular weight is 610 g/mol. The molecule has 2 N–H and O–H groups in total. The minimum atomic E-state index is -4.69. The molecule has 0 bridgehead atoms. The van der Waals surface area contributed by atoms with Crippen molar-refractivity contribution in [1.29, 1.82) is 0 Å². The largest absolute Gasteiger partial charge is 0.480 e. The Morgan fingerprint density at radius 1 is 1.10 bits per heavy atom. The monoisotopic (exact) mass is 609 g/mol. The van der Waals surface area contributed by atoms with Crippen molar-refractivity contribution in [3.05, 3.63) is 46.3 Å². The maximum atomic E-state index is 14.3. The van der Waals surface area contributed by atoms with Crippen LogP contribution in [0.25, 0.3) is 11.3 Å². The summed E-state index contributed by atoms with van der Waals surface area (Å²) in [6, 6.07) is 4.61. The van der Waals surface area contributed by atoms with E-state index in [4.69, 9.17) is 5.11 Å². The molecule has 0 unspecified atom stereocenters. The zero-order valence-electron chi connectivity index (χ0n) is 22.7. The van der Waals surface area contributed by atoms with Crippen molar-refractivity contribution in [3.8, 4) is 11.3 Å². The molecule has 14 heteroatoms. The Labute approximate surface area is 246 Å². The minimum absolute atomic E-state index is 0. The number of halogens is 4. The average Bonchev–Trinajstić information content (AvgIpc) is 3.48. The number of aliphatic carboxylic acids is 1. The molecule has 0 aliphatic carbocycles. The van der Waals surface area contributed by atoms with Crippen LogP contribution in [-0.2, 0) is 17.5 Å². The molecule has 2 fully saturated rings. The zero-order valence-corrected chi connectivity index (χ0v) is 23.5. The number of hydrogen-bond donors (Lipinski definition) is 2. The van der Waals surface area contributed by atoms with E-state index in [-0.39, 0.29) is 19.5 Å². The summed E-state index contributed by atoms with van der Waals surface area (Å²) >= 11 is 1.31. The molecule has 1 aromatic carbocycles. The number of nitrogens with zero attached hydrogens (tertiary/aromatic N) is 6. The van der Waals surface area contributed by atoms with Crippen molar-refractivity contribution in [2.24, 2.45) is 0 Å². The lowest BCUT2D eigenvalue weighted by Gasteiger charge is -2.34. The molecule has 0 spiro atoms. The van der Waals surface area contributed by atoms with Crippen LogP contribution in [0.1, 0.15) is 43.5 Å². The van der Waals surface area contributed by atoms with Crippen molar-refractivity contribution in [2.45, 2.75) is 52.9 Å². The van der Waals surface area contributed by atoms with E-state index in [1.165, 1.54) is 11.3 Å². The molecule has 5 rings (SSSR count). The lowest BCUT2D eigenvalue weighted by Crippen LogP contribution is -2.48.